The molecule has 0 radical (unpaired) electrons. The number of likely N-dealkylation sites (N-methyl/N-ethyl adjacent to an activating group) is 1. The van der Waals surface area contributed by atoms with Crippen LogP contribution in [-0.2, 0) is 9.59 Å². The largest absolute Gasteiger partial charge is 0.478 e. The van der Waals surface area contributed by atoms with E-state index in [1.807, 2.05) is 11.9 Å². The summed E-state index contributed by atoms with van der Waals surface area (Å²) in [5, 5.41) is 11.9. The summed E-state index contributed by atoms with van der Waals surface area (Å²) in [5.74, 6) is -1.03. The number of nitrogens with one attached hydrogen (secondary N) is 1. The van der Waals surface area contributed by atoms with E-state index in [2.05, 4.69) is 5.32 Å². The Morgan fingerprint density at radius 1 is 1.53 bits per heavy atom. The number of allylic oxidation sites excluding steroid dienone is 1. The van der Waals surface area contributed by atoms with Gasteiger partial charge >= 0.3 is 5.97 Å². The lowest BCUT2D eigenvalue weighted by Crippen LogP contribution is -2.54. The molecule has 0 amide bonds. The molecule has 0 unspecified atom stereocenters. The van der Waals surface area contributed by atoms with Gasteiger partial charge in [0.25, 0.3) is 0 Å². The Kier molecular flexibility index (Phi) is 4.05. The van der Waals surface area contributed by atoms with Crippen LogP contribution in [0.1, 0.15) is 0 Å². The lowest BCUT2D eigenvalue weighted by Gasteiger charge is -2.35. The van der Waals surface area contributed by atoms with Crippen LogP contribution in [0.4, 0.5) is 0 Å². The molecule has 1 saturated heterocycles. The number of carboxylic acids is 1. The minimum atomic E-state index is -1.03. The summed E-state index contributed by atoms with van der Waals surface area (Å²) in [6, 6.07) is 0.337. The van der Waals surface area contributed by atoms with E-state index in [1.165, 1.54) is 18.4 Å². The second-order valence-electron chi connectivity index (χ2n) is 3.36. The first-order valence-corrected chi connectivity index (χ1v) is 4.64. The number of hydrogen-bond donors (Lipinski definition) is 2. The SMILES string of the molecule is CN(/C=C(\C=C/C=O)C(=O)O)C1CNC1. The molecule has 5 nitrogen and oxygen atoms in total. The van der Waals surface area contributed by atoms with Crippen molar-refractivity contribution in [3.63, 3.8) is 0 Å². The fourth-order valence-corrected chi connectivity index (χ4v) is 1.20. The van der Waals surface area contributed by atoms with Crippen LogP contribution in [0.5, 0.6) is 0 Å². The molecule has 1 aliphatic rings. The first kappa shape index (κ1) is 11.5. The van der Waals surface area contributed by atoms with Gasteiger partial charge in [0.2, 0.25) is 0 Å². The molecule has 0 atom stereocenters. The van der Waals surface area contributed by atoms with Gasteiger partial charge in [0.15, 0.2) is 0 Å². The van der Waals surface area contributed by atoms with Crippen molar-refractivity contribution in [1.29, 1.82) is 0 Å². The zero-order valence-corrected chi connectivity index (χ0v) is 8.51. The van der Waals surface area contributed by atoms with E-state index >= 15 is 0 Å². The van der Waals surface area contributed by atoms with Crippen LogP contribution >= 0.6 is 0 Å². The van der Waals surface area contributed by atoms with Gasteiger partial charge in [0.05, 0.1) is 11.6 Å². The maximum absolute atomic E-state index is 10.8. The van der Waals surface area contributed by atoms with Crippen LogP contribution in [0.25, 0.3) is 0 Å². The van der Waals surface area contributed by atoms with Crippen LogP contribution < -0.4 is 5.32 Å². The normalized spacial score (nSPS) is 17.5. The second kappa shape index (κ2) is 5.31. The molecule has 1 aliphatic heterocycles. The van der Waals surface area contributed by atoms with Crippen molar-refractivity contribution in [3.8, 4) is 0 Å². The predicted molar refractivity (Wildman–Crippen MR) is 55.3 cm³/mol. The van der Waals surface area contributed by atoms with E-state index in [0.717, 1.165) is 13.1 Å². The maximum atomic E-state index is 10.8. The van der Waals surface area contributed by atoms with Gasteiger partial charge < -0.3 is 15.3 Å². The fourth-order valence-electron chi connectivity index (χ4n) is 1.20. The smallest absolute Gasteiger partial charge is 0.337 e. The minimum Gasteiger partial charge on any atom is -0.478 e. The molecule has 1 fully saturated rings. The summed E-state index contributed by atoms with van der Waals surface area (Å²) in [6.45, 7) is 1.72. The minimum absolute atomic E-state index is 0.108. The first-order valence-electron chi connectivity index (χ1n) is 4.64. The van der Waals surface area contributed by atoms with Crippen molar-refractivity contribution in [2.75, 3.05) is 20.1 Å². The molecule has 5 heteroatoms. The molecular formula is C10H14N2O3. The zero-order chi connectivity index (χ0) is 11.3. The van der Waals surface area contributed by atoms with E-state index in [4.69, 9.17) is 5.11 Å². The Hall–Kier alpha value is -1.62. The van der Waals surface area contributed by atoms with Gasteiger partial charge in [-0.15, -0.1) is 0 Å². The van der Waals surface area contributed by atoms with E-state index in [1.54, 1.807) is 0 Å². The van der Waals surface area contributed by atoms with Crippen LogP contribution in [0.3, 0.4) is 0 Å². The van der Waals surface area contributed by atoms with Gasteiger partial charge in [-0.1, -0.05) is 0 Å². The Bertz CT molecular complexity index is 306. The molecule has 0 aromatic carbocycles. The van der Waals surface area contributed by atoms with Crippen LogP contribution in [-0.4, -0.2) is 48.4 Å². The summed E-state index contributed by atoms with van der Waals surface area (Å²) in [6.07, 6.45) is 4.56. The molecule has 15 heavy (non-hydrogen) atoms. The van der Waals surface area contributed by atoms with Crippen molar-refractivity contribution in [2.45, 2.75) is 6.04 Å². The van der Waals surface area contributed by atoms with Gasteiger partial charge in [-0.25, -0.2) is 4.79 Å². The van der Waals surface area contributed by atoms with E-state index < -0.39 is 5.97 Å². The summed E-state index contributed by atoms with van der Waals surface area (Å²) in [7, 11) is 1.82. The molecule has 0 aromatic rings. The molecule has 2 N–H and O–H groups in total. The monoisotopic (exact) mass is 210 g/mol. The van der Waals surface area contributed by atoms with E-state index in [9.17, 15) is 9.59 Å². The highest BCUT2D eigenvalue weighted by atomic mass is 16.4. The first-order chi connectivity index (χ1) is 7.15. The molecule has 0 spiro atoms. The van der Waals surface area contributed by atoms with E-state index in [0.29, 0.717) is 12.3 Å². The van der Waals surface area contributed by atoms with Crippen LogP contribution in [0, 0.1) is 0 Å². The molecule has 0 aromatic heterocycles. The molecule has 0 bridgehead atoms. The molecule has 0 saturated carbocycles. The molecule has 82 valence electrons. The van der Waals surface area contributed by atoms with Crippen LogP contribution in [0.15, 0.2) is 23.9 Å². The lowest BCUT2D eigenvalue weighted by atomic mass is 10.1. The third-order valence-corrected chi connectivity index (χ3v) is 2.28. The summed E-state index contributed by atoms with van der Waals surface area (Å²) < 4.78 is 0. The number of aliphatic carboxylic acids is 1. The second-order valence-corrected chi connectivity index (χ2v) is 3.36. The van der Waals surface area contributed by atoms with E-state index in [-0.39, 0.29) is 5.57 Å². The summed E-state index contributed by atoms with van der Waals surface area (Å²) >= 11 is 0. The van der Waals surface area contributed by atoms with Gasteiger partial charge in [-0.05, 0) is 12.2 Å². The third-order valence-electron chi connectivity index (χ3n) is 2.28. The average Bonchev–Trinajstić information content (AvgIpc) is 2.08. The summed E-state index contributed by atoms with van der Waals surface area (Å²) in [4.78, 5) is 22.7. The Morgan fingerprint density at radius 3 is 2.60 bits per heavy atom. The highest BCUT2D eigenvalue weighted by Gasteiger charge is 2.20. The van der Waals surface area contributed by atoms with Crippen molar-refractivity contribution in [3.05, 3.63) is 23.9 Å². The van der Waals surface area contributed by atoms with Crippen LogP contribution in [0.2, 0.25) is 0 Å². The number of hydrogen-bond acceptors (Lipinski definition) is 4. The predicted octanol–water partition coefficient (Wildman–Crippen LogP) is -0.386. The quantitative estimate of drug-likeness (QED) is 0.367. The maximum Gasteiger partial charge on any atom is 0.337 e. The molecule has 0 aliphatic carbocycles. The third kappa shape index (κ3) is 3.21. The van der Waals surface area contributed by atoms with Crippen molar-refractivity contribution >= 4 is 12.3 Å². The van der Waals surface area contributed by atoms with Gasteiger partial charge in [0, 0.05) is 26.3 Å². The lowest BCUT2D eigenvalue weighted by molar-refractivity contribution is -0.132. The van der Waals surface area contributed by atoms with Gasteiger partial charge in [-0.2, -0.15) is 0 Å². The average molecular weight is 210 g/mol. The highest BCUT2D eigenvalue weighted by Crippen LogP contribution is 2.06. The number of rotatable bonds is 5. The molecule has 1 rings (SSSR count). The number of carbonyl (C=O) groups excluding carboxylic acids is 1. The fraction of sp³-hybridized carbons (Fsp3) is 0.400. The van der Waals surface area contributed by atoms with Gasteiger partial charge in [-0.3, -0.25) is 4.79 Å². The van der Waals surface area contributed by atoms with Crippen molar-refractivity contribution in [1.82, 2.24) is 10.2 Å². The van der Waals surface area contributed by atoms with Crippen molar-refractivity contribution in [2.24, 2.45) is 0 Å². The number of carboxylic acid groups (broad SMARTS) is 1. The summed E-state index contributed by atoms with van der Waals surface area (Å²) in [5.41, 5.74) is 0.108. The highest BCUT2D eigenvalue weighted by molar-refractivity contribution is 5.90. The Morgan fingerprint density at radius 2 is 2.20 bits per heavy atom. The van der Waals surface area contributed by atoms with Gasteiger partial charge in [0.1, 0.15) is 6.29 Å². The Balaban J connectivity index is 2.68. The number of aldehydes is 1. The standard InChI is InChI=1S/C10H14N2O3/c1-12(9-5-11-6-9)7-8(10(14)15)3-2-4-13/h2-4,7,9,11H,5-6H2,1H3,(H,14,15)/b3-2-,8-7+. The number of nitrogens with zero attached hydrogens (tertiary/aromatic N) is 1. The van der Waals surface area contributed by atoms with Crippen molar-refractivity contribution < 1.29 is 14.7 Å². The zero-order valence-electron chi connectivity index (χ0n) is 8.51. The molecule has 1 heterocycles. The molecular weight excluding hydrogens is 196 g/mol. The Labute approximate surface area is 88.1 Å². The number of carbonyl (C=O) groups is 2. The topological polar surface area (TPSA) is 69.6 Å².